The van der Waals surface area contributed by atoms with Crippen molar-refractivity contribution in [1.82, 2.24) is 0 Å². The molecule has 1 aromatic rings. The van der Waals surface area contributed by atoms with E-state index in [-0.39, 0.29) is 5.82 Å². The van der Waals surface area contributed by atoms with E-state index in [1.807, 2.05) is 0 Å². The molecule has 0 atom stereocenters. The third-order valence-electron chi connectivity index (χ3n) is 2.25. The van der Waals surface area contributed by atoms with Crippen LogP contribution in [-0.4, -0.2) is 0 Å². The van der Waals surface area contributed by atoms with Gasteiger partial charge in [-0.1, -0.05) is 11.6 Å². The van der Waals surface area contributed by atoms with Gasteiger partial charge in [-0.3, -0.25) is 0 Å². The van der Waals surface area contributed by atoms with Gasteiger partial charge in [0.15, 0.2) is 0 Å². The summed E-state index contributed by atoms with van der Waals surface area (Å²) in [5.41, 5.74) is 0.171. The van der Waals surface area contributed by atoms with Gasteiger partial charge in [-0.25, -0.2) is 4.39 Å². The van der Waals surface area contributed by atoms with Gasteiger partial charge in [-0.05, 0) is 38.5 Å². The molecule has 0 N–H and O–H groups in total. The van der Waals surface area contributed by atoms with Crippen LogP contribution in [0.2, 0.25) is 5.02 Å². The molecule has 0 saturated heterocycles. The van der Waals surface area contributed by atoms with Crippen LogP contribution in [0.4, 0.5) is 4.39 Å². The van der Waals surface area contributed by atoms with Crippen LogP contribution >= 0.6 is 11.6 Å². The molecule has 0 fully saturated rings. The van der Waals surface area contributed by atoms with E-state index in [4.69, 9.17) is 16.9 Å². The van der Waals surface area contributed by atoms with Gasteiger partial charge < -0.3 is 0 Å². The van der Waals surface area contributed by atoms with Crippen LogP contribution in [0.25, 0.3) is 0 Å². The van der Waals surface area contributed by atoms with Gasteiger partial charge in [-0.15, -0.1) is 0 Å². The Morgan fingerprint density at radius 1 is 1.43 bits per heavy atom. The van der Waals surface area contributed by atoms with E-state index in [0.717, 1.165) is 0 Å². The van der Waals surface area contributed by atoms with Crippen molar-refractivity contribution in [3.63, 3.8) is 0 Å². The van der Waals surface area contributed by atoms with Crippen molar-refractivity contribution in [3.8, 4) is 6.07 Å². The van der Waals surface area contributed by atoms with Crippen molar-refractivity contribution in [3.05, 3.63) is 34.1 Å². The van der Waals surface area contributed by atoms with Crippen molar-refractivity contribution in [2.24, 2.45) is 0 Å². The van der Waals surface area contributed by atoms with E-state index in [0.29, 0.717) is 16.1 Å². The molecule has 3 heteroatoms. The minimum Gasteiger partial charge on any atom is -0.207 e. The number of hydrogen-bond donors (Lipinski definition) is 0. The Kier molecular flexibility index (Phi) is 2.82. The average Bonchev–Trinajstić information content (AvgIpc) is 2.12. The molecule has 14 heavy (non-hydrogen) atoms. The van der Waals surface area contributed by atoms with Crippen molar-refractivity contribution >= 4 is 11.6 Å². The highest BCUT2D eigenvalue weighted by atomic mass is 35.5. The maximum atomic E-state index is 13.5. The summed E-state index contributed by atoms with van der Waals surface area (Å²) in [7, 11) is 0. The molecule has 0 heterocycles. The van der Waals surface area contributed by atoms with E-state index in [2.05, 4.69) is 6.07 Å². The largest absolute Gasteiger partial charge is 0.207 e. The van der Waals surface area contributed by atoms with Gasteiger partial charge in [0.25, 0.3) is 0 Å². The quantitative estimate of drug-likeness (QED) is 0.697. The Hall–Kier alpha value is -1.07. The second-order valence-electron chi connectivity index (χ2n) is 3.77. The van der Waals surface area contributed by atoms with E-state index in [1.54, 1.807) is 20.8 Å². The summed E-state index contributed by atoms with van der Waals surface area (Å²) in [5, 5.41) is 9.42. The number of hydrogen-bond acceptors (Lipinski definition) is 1. The summed E-state index contributed by atoms with van der Waals surface area (Å²) in [6, 6.07) is 4.87. The number of benzene rings is 1. The van der Waals surface area contributed by atoms with Gasteiger partial charge >= 0.3 is 0 Å². The highest BCUT2D eigenvalue weighted by Crippen LogP contribution is 2.31. The molecule has 0 aliphatic heterocycles. The summed E-state index contributed by atoms with van der Waals surface area (Å²) in [5.74, 6) is -0.376. The lowest BCUT2D eigenvalue weighted by atomic mass is 9.83. The van der Waals surface area contributed by atoms with Gasteiger partial charge in [-0.2, -0.15) is 5.26 Å². The number of nitrogens with zero attached hydrogens (tertiary/aromatic N) is 1. The second-order valence-corrected chi connectivity index (χ2v) is 4.17. The zero-order valence-corrected chi connectivity index (χ0v) is 9.11. The van der Waals surface area contributed by atoms with Crippen LogP contribution < -0.4 is 0 Å². The molecular formula is C11H11ClFN. The minimum absolute atomic E-state index is 0.376. The third kappa shape index (κ3) is 1.73. The summed E-state index contributed by atoms with van der Waals surface area (Å²) in [6.07, 6.45) is 0. The molecule has 1 aromatic carbocycles. The SMILES string of the molecule is Cc1c(Cl)ccc(F)c1C(C)(C)C#N. The molecule has 74 valence electrons. The molecule has 1 nitrogen and oxygen atoms in total. The Morgan fingerprint density at radius 3 is 2.50 bits per heavy atom. The first-order valence-corrected chi connectivity index (χ1v) is 4.64. The summed E-state index contributed by atoms with van der Waals surface area (Å²) in [6.45, 7) is 5.07. The second kappa shape index (κ2) is 3.59. The fraction of sp³-hybridized carbons (Fsp3) is 0.364. The normalized spacial score (nSPS) is 11.1. The topological polar surface area (TPSA) is 23.8 Å². The lowest BCUT2D eigenvalue weighted by molar-refractivity contribution is 0.561. The third-order valence-corrected chi connectivity index (χ3v) is 2.66. The van der Waals surface area contributed by atoms with Crippen LogP contribution in [0.1, 0.15) is 25.0 Å². The molecule has 0 unspecified atom stereocenters. The molecule has 0 bridgehead atoms. The highest BCUT2D eigenvalue weighted by Gasteiger charge is 2.26. The zero-order valence-electron chi connectivity index (χ0n) is 8.36. The van der Waals surface area contributed by atoms with Crippen LogP contribution in [0.15, 0.2) is 12.1 Å². The van der Waals surface area contributed by atoms with Gasteiger partial charge in [0.1, 0.15) is 5.82 Å². The number of rotatable bonds is 1. The summed E-state index contributed by atoms with van der Waals surface area (Å²) < 4.78 is 13.5. The predicted octanol–water partition coefficient (Wildman–Crippen LogP) is 3.59. The Balaban J connectivity index is 3.49. The Bertz CT molecular complexity index is 404. The van der Waals surface area contributed by atoms with Crippen molar-refractivity contribution in [2.45, 2.75) is 26.2 Å². The van der Waals surface area contributed by atoms with Crippen LogP contribution in [-0.2, 0) is 5.41 Å². The first-order chi connectivity index (χ1) is 6.40. The fourth-order valence-corrected chi connectivity index (χ4v) is 1.63. The summed E-state index contributed by atoms with van der Waals surface area (Å²) in [4.78, 5) is 0. The lowest BCUT2D eigenvalue weighted by Gasteiger charge is -2.19. The number of halogens is 2. The minimum atomic E-state index is -0.848. The van der Waals surface area contributed by atoms with E-state index in [9.17, 15) is 4.39 Å². The first-order valence-electron chi connectivity index (χ1n) is 4.26. The predicted molar refractivity (Wildman–Crippen MR) is 54.8 cm³/mol. The van der Waals surface area contributed by atoms with Crippen LogP contribution in [0, 0.1) is 24.1 Å². The molecular weight excluding hydrogens is 201 g/mol. The Morgan fingerprint density at radius 2 is 2.00 bits per heavy atom. The first kappa shape index (κ1) is 11.0. The number of nitriles is 1. The lowest BCUT2D eigenvalue weighted by Crippen LogP contribution is -2.18. The summed E-state index contributed by atoms with van der Waals surface area (Å²) >= 11 is 5.87. The van der Waals surface area contributed by atoms with Crippen LogP contribution in [0.3, 0.4) is 0 Å². The van der Waals surface area contributed by atoms with Crippen molar-refractivity contribution in [2.75, 3.05) is 0 Å². The molecule has 1 rings (SSSR count). The van der Waals surface area contributed by atoms with E-state index >= 15 is 0 Å². The van der Waals surface area contributed by atoms with E-state index < -0.39 is 5.41 Å². The van der Waals surface area contributed by atoms with Gasteiger partial charge in [0, 0.05) is 10.6 Å². The molecule has 0 aromatic heterocycles. The van der Waals surface area contributed by atoms with Crippen molar-refractivity contribution in [1.29, 1.82) is 5.26 Å². The average molecular weight is 212 g/mol. The highest BCUT2D eigenvalue weighted by molar-refractivity contribution is 6.31. The monoisotopic (exact) mass is 211 g/mol. The maximum absolute atomic E-state index is 13.5. The molecule has 0 aliphatic carbocycles. The molecule has 0 saturated carbocycles. The maximum Gasteiger partial charge on any atom is 0.128 e. The standard InChI is InChI=1S/C11H11ClFN/c1-7-8(12)4-5-9(13)10(7)11(2,3)6-14/h4-5H,1-3H3. The van der Waals surface area contributed by atoms with Gasteiger partial charge in [0.05, 0.1) is 11.5 Å². The molecule has 0 radical (unpaired) electrons. The molecule has 0 amide bonds. The molecule has 0 spiro atoms. The van der Waals surface area contributed by atoms with Crippen molar-refractivity contribution < 1.29 is 4.39 Å². The zero-order chi connectivity index (χ0) is 10.9. The van der Waals surface area contributed by atoms with E-state index in [1.165, 1.54) is 12.1 Å². The van der Waals surface area contributed by atoms with Crippen LogP contribution in [0.5, 0.6) is 0 Å². The Labute approximate surface area is 88.1 Å². The smallest absolute Gasteiger partial charge is 0.128 e. The van der Waals surface area contributed by atoms with Gasteiger partial charge in [0.2, 0.25) is 0 Å². The fourth-order valence-electron chi connectivity index (χ4n) is 1.48. The molecule has 0 aliphatic rings.